The van der Waals surface area contributed by atoms with Gasteiger partial charge < -0.3 is 15.0 Å². The maximum absolute atomic E-state index is 12.7. The molecule has 0 saturated carbocycles. The Labute approximate surface area is 148 Å². The number of ether oxygens (including phenoxy) is 1. The van der Waals surface area contributed by atoms with Gasteiger partial charge in [0.15, 0.2) is 0 Å². The second-order valence-corrected chi connectivity index (χ2v) is 7.10. The Morgan fingerprint density at radius 2 is 2.12 bits per heavy atom. The van der Waals surface area contributed by atoms with Crippen LogP contribution in [0.1, 0.15) is 44.0 Å². The molecule has 0 radical (unpaired) electrons. The van der Waals surface area contributed by atoms with E-state index in [1.54, 1.807) is 18.5 Å². The topological polar surface area (TPSA) is 84.1 Å². The minimum atomic E-state index is -0.391. The number of nitrogens with zero attached hydrogens (tertiary/aromatic N) is 1. The zero-order valence-electron chi connectivity index (χ0n) is 13.7. The van der Waals surface area contributed by atoms with Gasteiger partial charge in [-0.2, -0.15) is 0 Å². The van der Waals surface area contributed by atoms with E-state index < -0.39 is 5.97 Å². The van der Waals surface area contributed by atoms with E-state index >= 15 is 0 Å². The predicted molar refractivity (Wildman–Crippen MR) is 96.3 cm³/mol. The number of carbonyl (C=O) groups excluding carboxylic acids is 2. The Morgan fingerprint density at radius 3 is 2.96 bits per heavy atom. The van der Waals surface area contributed by atoms with E-state index in [9.17, 15) is 9.59 Å². The van der Waals surface area contributed by atoms with Gasteiger partial charge in [0.1, 0.15) is 5.00 Å². The third-order valence-corrected chi connectivity index (χ3v) is 5.68. The number of carbonyl (C=O) groups is 2. The number of aromatic amines is 1. The number of hydrogen-bond donors (Lipinski definition) is 2. The number of fused-ring (bicyclic) bond motifs is 2. The van der Waals surface area contributed by atoms with E-state index in [4.69, 9.17) is 4.74 Å². The van der Waals surface area contributed by atoms with E-state index in [-0.39, 0.29) is 5.91 Å². The van der Waals surface area contributed by atoms with Crippen molar-refractivity contribution in [2.45, 2.75) is 25.7 Å². The summed E-state index contributed by atoms with van der Waals surface area (Å²) in [6, 6.07) is 5.28. The molecule has 4 rings (SSSR count). The molecule has 0 bridgehead atoms. The summed E-state index contributed by atoms with van der Waals surface area (Å²) in [5.41, 5.74) is 3.64. The van der Waals surface area contributed by atoms with Crippen molar-refractivity contribution in [1.29, 1.82) is 0 Å². The zero-order valence-corrected chi connectivity index (χ0v) is 14.5. The molecule has 25 heavy (non-hydrogen) atoms. The van der Waals surface area contributed by atoms with Crippen molar-refractivity contribution in [2.75, 3.05) is 12.4 Å². The molecule has 0 saturated heterocycles. The maximum Gasteiger partial charge on any atom is 0.341 e. The first-order valence-electron chi connectivity index (χ1n) is 8.14. The molecule has 0 aliphatic heterocycles. The van der Waals surface area contributed by atoms with Crippen molar-refractivity contribution in [2.24, 2.45) is 0 Å². The van der Waals surface area contributed by atoms with E-state index in [2.05, 4.69) is 15.3 Å². The molecule has 0 fully saturated rings. The highest BCUT2D eigenvalue weighted by Gasteiger charge is 2.27. The van der Waals surface area contributed by atoms with Crippen molar-refractivity contribution in [3.8, 4) is 0 Å². The highest BCUT2D eigenvalue weighted by molar-refractivity contribution is 7.17. The van der Waals surface area contributed by atoms with Gasteiger partial charge >= 0.3 is 5.97 Å². The maximum atomic E-state index is 12.7. The molecule has 0 atom stereocenters. The quantitative estimate of drug-likeness (QED) is 0.704. The van der Waals surface area contributed by atoms with Crippen molar-refractivity contribution in [3.63, 3.8) is 0 Å². The number of benzene rings is 1. The van der Waals surface area contributed by atoms with Crippen LogP contribution in [0.2, 0.25) is 0 Å². The summed E-state index contributed by atoms with van der Waals surface area (Å²) in [6.45, 7) is 0. The highest BCUT2D eigenvalue weighted by Crippen LogP contribution is 2.38. The molecule has 1 aliphatic rings. The Bertz CT molecular complexity index is 973. The van der Waals surface area contributed by atoms with Crippen LogP contribution in [-0.2, 0) is 17.6 Å². The molecule has 6 nitrogen and oxygen atoms in total. The molecule has 2 heterocycles. The number of anilines is 1. The van der Waals surface area contributed by atoms with Gasteiger partial charge in [0.05, 0.1) is 30.0 Å². The second-order valence-electron chi connectivity index (χ2n) is 6.00. The lowest BCUT2D eigenvalue weighted by Crippen LogP contribution is -2.15. The number of rotatable bonds is 3. The first kappa shape index (κ1) is 15.8. The zero-order chi connectivity index (χ0) is 17.4. The fraction of sp³-hybridized carbons (Fsp3) is 0.278. The summed E-state index contributed by atoms with van der Waals surface area (Å²) >= 11 is 1.48. The van der Waals surface area contributed by atoms with E-state index in [0.717, 1.165) is 42.3 Å². The number of imidazole rings is 1. The van der Waals surface area contributed by atoms with Gasteiger partial charge in [-0.3, -0.25) is 4.79 Å². The summed E-state index contributed by atoms with van der Waals surface area (Å²) in [4.78, 5) is 33.2. The molecule has 7 heteroatoms. The number of aryl methyl sites for hydroxylation is 1. The second kappa shape index (κ2) is 6.33. The Kier molecular flexibility index (Phi) is 4.01. The summed E-state index contributed by atoms with van der Waals surface area (Å²) in [5, 5.41) is 3.47. The van der Waals surface area contributed by atoms with Crippen molar-refractivity contribution >= 4 is 39.2 Å². The summed E-state index contributed by atoms with van der Waals surface area (Å²) in [6.07, 6.45) is 5.55. The normalized spacial score (nSPS) is 13.5. The minimum absolute atomic E-state index is 0.256. The van der Waals surface area contributed by atoms with Gasteiger partial charge in [0.25, 0.3) is 5.91 Å². The molecule has 0 unspecified atom stereocenters. The van der Waals surface area contributed by atoms with Crippen LogP contribution in [-0.4, -0.2) is 29.0 Å². The molecule has 1 aliphatic carbocycles. The van der Waals surface area contributed by atoms with Crippen LogP contribution in [0.4, 0.5) is 5.00 Å². The van der Waals surface area contributed by atoms with Crippen molar-refractivity contribution in [3.05, 3.63) is 46.1 Å². The van der Waals surface area contributed by atoms with Crippen LogP contribution in [0.5, 0.6) is 0 Å². The molecular weight excluding hydrogens is 338 g/mol. The highest BCUT2D eigenvalue weighted by atomic mass is 32.1. The fourth-order valence-corrected chi connectivity index (χ4v) is 4.49. The molecule has 2 aromatic heterocycles. The van der Waals surface area contributed by atoms with Crippen molar-refractivity contribution in [1.82, 2.24) is 9.97 Å². The first-order chi connectivity index (χ1) is 12.2. The monoisotopic (exact) mass is 355 g/mol. The number of esters is 1. The van der Waals surface area contributed by atoms with E-state index in [0.29, 0.717) is 16.1 Å². The lowest BCUT2D eigenvalue weighted by atomic mass is 9.95. The third kappa shape index (κ3) is 2.80. The lowest BCUT2D eigenvalue weighted by molar-refractivity contribution is 0.0601. The van der Waals surface area contributed by atoms with Crippen LogP contribution in [0.25, 0.3) is 11.0 Å². The smallest absolute Gasteiger partial charge is 0.341 e. The van der Waals surface area contributed by atoms with Gasteiger partial charge in [-0.1, -0.05) is 0 Å². The van der Waals surface area contributed by atoms with Gasteiger partial charge in [0, 0.05) is 10.4 Å². The Balaban J connectivity index is 1.68. The Morgan fingerprint density at radius 1 is 1.28 bits per heavy atom. The third-order valence-electron chi connectivity index (χ3n) is 4.47. The van der Waals surface area contributed by atoms with Crippen LogP contribution in [0, 0.1) is 0 Å². The number of aromatic nitrogens is 2. The minimum Gasteiger partial charge on any atom is -0.465 e. The molecule has 3 aromatic rings. The fourth-order valence-electron chi connectivity index (χ4n) is 3.22. The number of thiophene rings is 1. The van der Waals surface area contributed by atoms with Crippen LogP contribution >= 0.6 is 11.3 Å². The summed E-state index contributed by atoms with van der Waals surface area (Å²) in [5.74, 6) is -0.647. The lowest BCUT2D eigenvalue weighted by Gasteiger charge is -2.11. The number of hydrogen-bond acceptors (Lipinski definition) is 5. The van der Waals surface area contributed by atoms with Gasteiger partial charge in [-0.15, -0.1) is 11.3 Å². The first-order valence-corrected chi connectivity index (χ1v) is 8.96. The molecule has 1 aromatic carbocycles. The summed E-state index contributed by atoms with van der Waals surface area (Å²) < 4.78 is 4.94. The van der Waals surface area contributed by atoms with Crippen molar-refractivity contribution < 1.29 is 14.3 Å². The van der Waals surface area contributed by atoms with Crippen LogP contribution in [0.3, 0.4) is 0 Å². The average molecular weight is 355 g/mol. The number of H-pyrrole nitrogens is 1. The SMILES string of the molecule is COC(=O)c1c(NC(=O)c2ccc3[nH]cnc3c2)sc2c1CCCC2. The molecule has 0 spiro atoms. The average Bonchev–Trinajstić information content (AvgIpc) is 3.24. The number of amides is 1. The largest absolute Gasteiger partial charge is 0.465 e. The Hall–Kier alpha value is -2.67. The standard InChI is InChI=1S/C18H17N3O3S/c1-24-18(23)15-11-4-2-3-5-14(11)25-17(15)21-16(22)10-6-7-12-13(8-10)20-9-19-12/h6-9H,2-5H2,1H3,(H,19,20)(H,21,22). The van der Waals surface area contributed by atoms with Crippen LogP contribution in [0.15, 0.2) is 24.5 Å². The number of methoxy groups -OCH3 is 1. The molecular formula is C18H17N3O3S. The van der Waals surface area contributed by atoms with Gasteiger partial charge in [-0.05, 0) is 49.4 Å². The molecule has 128 valence electrons. The van der Waals surface area contributed by atoms with Crippen LogP contribution < -0.4 is 5.32 Å². The predicted octanol–water partition coefficient (Wildman–Crippen LogP) is 3.54. The number of nitrogens with one attached hydrogen (secondary N) is 2. The molecule has 1 amide bonds. The van der Waals surface area contributed by atoms with E-state index in [1.165, 1.54) is 23.3 Å². The molecule has 2 N–H and O–H groups in total. The summed E-state index contributed by atoms with van der Waals surface area (Å²) in [7, 11) is 1.37. The van der Waals surface area contributed by atoms with Gasteiger partial charge in [0.2, 0.25) is 0 Å². The van der Waals surface area contributed by atoms with E-state index in [1.807, 2.05) is 6.07 Å². The van der Waals surface area contributed by atoms with Gasteiger partial charge in [-0.25, -0.2) is 9.78 Å².